The Bertz CT molecular complexity index is 909. The lowest BCUT2D eigenvalue weighted by atomic mass is 9.80. The molecule has 0 bridgehead atoms. The predicted molar refractivity (Wildman–Crippen MR) is 103 cm³/mol. The topological polar surface area (TPSA) is 112 Å². The molecule has 0 aliphatic rings. The van der Waals surface area contributed by atoms with Gasteiger partial charge < -0.3 is 15.3 Å². The molecule has 3 atom stereocenters. The van der Waals surface area contributed by atoms with Gasteiger partial charge in [-0.3, -0.25) is 14.4 Å². The summed E-state index contributed by atoms with van der Waals surface area (Å²) < 4.78 is 0. The van der Waals surface area contributed by atoms with Crippen molar-refractivity contribution < 1.29 is 29.7 Å². The molecule has 3 N–H and O–H groups in total. The van der Waals surface area contributed by atoms with Crippen molar-refractivity contribution in [1.29, 1.82) is 0 Å². The van der Waals surface area contributed by atoms with E-state index >= 15 is 0 Å². The summed E-state index contributed by atoms with van der Waals surface area (Å²) in [4.78, 5) is 37.2. The number of Topliss-reactive ketones (excluding diaryl/α,β-unsaturated/α-hetero) is 2. The predicted octanol–water partition coefficient (Wildman–Crippen LogP) is 2.04. The molecule has 0 heterocycles. The van der Waals surface area contributed by atoms with Crippen molar-refractivity contribution in [3.05, 3.63) is 70.8 Å². The molecule has 6 nitrogen and oxygen atoms in total. The zero-order chi connectivity index (χ0) is 21.1. The molecule has 2 rings (SSSR count). The van der Waals surface area contributed by atoms with Gasteiger partial charge in [0.15, 0.2) is 5.60 Å². The van der Waals surface area contributed by atoms with Crippen LogP contribution < -0.4 is 0 Å². The summed E-state index contributed by atoms with van der Waals surface area (Å²) in [5.74, 6) is -2.47. The molecule has 0 amide bonds. The van der Waals surface area contributed by atoms with Crippen LogP contribution in [0.25, 0.3) is 0 Å². The highest BCUT2D eigenvalue weighted by Gasteiger charge is 2.50. The molecule has 0 aliphatic heterocycles. The SMILES string of the molecule is Cc1ccccc1C(=O)[C@@](O)(CC(=O)Cl)C(=O)C(O)C(O)c1ccccc1C. The van der Waals surface area contributed by atoms with E-state index in [4.69, 9.17) is 11.6 Å². The summed E-state index contributed by atoms with van der Waals surface area (Å²) in [6.45, 7) is 3.27. The lowest BCUT2D eigenvalue weighted by molar-refractivity contribution is -0.149. The van der Waals surface area contributed by atoms with Gasteiger partial charge in [0.1, 0.15) is 12.2 Å². The van der Waals surface area contributed by atoms with E-state index in [-0.39, 0.29) is 11.1 Å². The summed E-state index contributed by atoms with van der Waals surface area (Å²) in [5, 5.41) is 30.6. The van der Waals surface area contributed by atoms with E-state index in [1.807, 2.05) is 0 Å². The number of ketones is 2. The maximum absolute atomic E-state index is 12.9. The van der Waals surface area contributed by atoms with Gasteiger partial charge in [-0.05, 0) is 42.1 Å². The number of rotatable bonds is 8. The maximum Gasteiger partial charge on any atom is 0.225 e. The van der Waals surface area contributed by atoms with Crippen molar-refractivity contribution >= 4 is 28.4 Å². The van der Waals surface area contributed by atoms with Gasteiger partial charge in [-0.15, -0.1) is 0 Å². The quantitative estimate of drug-likeness (QED) is 0.352. The van der Waals surface area contributed by atoms with Crippen LogP contribution in [0.4, 0.5) is 0 Å². The molecule has 0 aliphatic carbocycles. The van der Waals surface area contributed by atoms with Crippen LogP contribution in [-0.2, 0) is 9.59 Å². The molecule has 148 valence electrons. The summed E-state index contributed by atoms with van der Waals surface area (Å²) in [7, 11) is 0. The Morgan fingerprint density at radius 3 is 2.04 bits per heavy atom. The highest BCUT2D eigenvalue weighted by atomic mass is 35.5. The minimum atomic E-state index is -2.91. The van der Waals surface area contributed by atoms with E-state index < -0.39 is 41.0 Å². The fourth-order valence-electron chi connectivity index (χ4n) is 3.01. The fraction of sp³-hybridized carbons (Fsp3) is 0.286. The van der Waals surface area contributed by atoms with Crippen LogP contribution in [0, 0.1) is 13.8 Å². The van der Waals surface area contributed by atoms with Gasteiger partial charge in [0.05, 0.1) is 6.42 Å². The molecule has 0 saturated heterocycles. The van der Waals surface area contributed by atoms with Crippen LogP contribution in [0.2, 0.25) is 0 Å². The summed E-state index contributed by atoms with van der Waals surface area (Å²) >= 11 is 5.36. The average molecular weight is 405 g/mol. The molecular weight excluding hydrogens is 384 g/mol. The zero-order valence-electron chi connectivity index (χ0n) is 15.4. The molecule has 0 fully saturated rings. The highest BCUT2D eigenvalue weighted by molar-refractivity contribution is 6.64. The Labute approximate surface area is 167 Å². The minimum Gasteiger partial charge on any atom is -0.385 e. The lowest BCUT2D eigenvalue weighted by Gasteiger charge is -2.29. The van der Waals surface area contributed by atoms with Gasteiger partial charge >= 0.3 is 0 Å². The van der Waals surface area contributed by atoms with Crippen molar-refractivity contribution in [3.63, 3.8) is 0 Å². The van der Waals surface area contributed by atoms with Gasteiger partial charge in [0.2, 0.25) is 16.8 Å². The van der Waals surface area contributed by atoms with Crippen LogP contribution in [0.5, 0.6) is 0 Å². The Kier molecular flexibility index (Phi) is 6.85. The van der Waals surface area contributed by atoms with Gasteiger partial charge in [-0.2, -0.15) is 0 Å². The summed E-state index contributed by atoms with van der Waals surface area (Å²) in [6.07, 6.45) is -4.87. The zero-order valence-corrected chi connectivity index (χ0v) is 16.2. The number of benzene rings is 2. The first kappa shape index (κ1) is 21.9. The second-order valence-electron chi connectivity index (χ2n) is 6.65. The number of aliphatic hydroxyl groups is 3. The first-order chi connectivity index (χ1) is 13.1. The van der Waals surface area contributed by atoms with Crippen LogP contribution in [0.3, 0.4) is 0 Å². The number of aryl methyl sites for hydroxylation is 2. The number of halogens is 1. The van der Waals surface area contributed by atoms with Crippen molar-refractivity contribution in [3.8, 4) is 0 Å². The van der Waals surface area contributed by atoms with E-state index in [0.717, 1.165) is 0 Å². The number of hydrogen-bond acceptors (Lipinski definition) is 6. The average Bonchev–Trinajstić information content (AvgIpc) is 2.65. The van der Waals surface area contributed by atoms with Crippen LogP contribution in [0.15, 0.2) is 48.5 Å². The van der Waals surface area contributed by atoms with Gasteiger partial charge in [0.25, 0.3) is 0 Å². The van der Waals surface area contributed by atoms with E-state index in [1.54, 1.807) is 44.2 Å². The molecular formula is C21H21ClO6. The molecule has 0 saturated carbocycles. The molecule has 28 heavy (non-hydrogen) atoms. The monoisotopic (exact) mass is 404 g/mol. The normalized spacial score (nSPS) is 15.4. The van der Waals surface area contributed by atoms with E-state index in [2.05, 4.69) is 0 Å². The highest BCUT2D eigenvalue weighted by Crippen LogP contribution is 2.29. The molecule has 0 aromatic heterocycles. The van der Waals surface area contributed by atoms with Gasteiger partial charge in [0, 0.05) is 5.56 Å². The minimum absolute atomic E-state index is 0.00819. The Hall–Kier alpha value is -2.38. The van der Waals surface area contributed by atoms with E-state index in [9.17, 15) is 29.7 Å². The first-order valence-corrected chi connectivity index (χ1v) is 8.94. The molecule has 0 spiro atoms. The van der Waals surface area contributed by atoms with E-state index in [1.165, 1.54) is 18.2 Å². The second-order valence-corrected chi connectivity index (χ2v) is 7.07. The largest absolute Gasteiger partial charge is 0.385 e. The number of hydrogen-bond donors (Lipinski definition) is 3. The Morgan fingerprint density at radius 2 is 1.50 bits per heavy atom. The lowest BCUT2D eigenvalue weighted by Crippen LogP contribution is -2.53. The fourth-order valence-corrected chi connectivity index (χ4v) is 3.20. The summed E-state index contributed by atoms with van der Waals surface area (Å²) in [6, 6.07) is 12.7. The number of carbonyl (C=O) groups excluding carboxylic acids is 3. The first-order valence-electron chi connectivity index (χ1n) is 8.56. The third-order valence-corrected chi connectivity index (χ3v) is 4.78. The maximum atomic E-state index is 12.9. The molecule has 2 aromatic rings. The molecule has 2 aromatic carbocycles. The second kappa shape index (κ2) is 8.75. The van der Waals surface area contributed by atoms with Gasteiger partial charge in [-0.25, -0.2) is 0 Å². The van der Waals surface area contributed by atoms with Crippen LogP contribution in [0.1, 0.15) is 39.6 Å². The Morgan fingerprint density at radius 1 is 0.964 bits per heavy atom. The number of aliphatic hydroxyl groups excluding tert-OH is 2. The van der Waals surface area contributed by atoms with Crippen molar-refractivity contribution in [2.45, 2.75) is 38.1 Å². The third-order valence-electron chi connectivity index (χ3n) is 4.64. The van der Waals surface area contributed by atoms with Crippen molar-refractivity contribution in [1.82, 2.24) is 0 Å². The molecule has 0 radical (unpaired) electrons. The molecule has 2 unspecified atom stereocenters. The van der Waals surface area contributed by atoms with Crippen molar-refractivity contribution in [2.24, 2.45) is 0 Å². The summed E-state index contributed by atoms with van der Waals surface area (Å²) in [5.41, 5.74) is -1.58. The Balaban J connectivity index is 2.45. The third kappa shape index (κ3) is 4.36. The van der Waals surface area contributed by atoms with Gasteiger partial charge in [-0.1, -0.05) is 48.5 Å². The van der Waals surface area contributed by atoms with Crippen molar-refractivity contribution in [2.75, 3.05) is 0 Å². The smallest absolute Gasteiger partial charge is 0.225 e. The molecule has 7 heteroatoms. The van der Waals surface area contributed by atoms with E-state index in [0.29, 0.717) is 11.1 Å². The van der Waals surface area contributed by atoms with Crippen LogP contribution >= 0.6 is 11.6 Å². The standard InChI is InChI=1S/C21H21ClO6/c1-12-7-3-5-9-14(12)17(24)18(25)20(27)21(28,11-16(22)23)19(26)15-10-6-4-8-13(15)2/h3-10,17-18,24-25,28H,11H2,1-2H3/t17?,18?,21-/m0/s1. The van der Waals surface area contributed by atoms with Crippen LogP contribution in [-0.4, -0.2) is 43.8 Å². The number of carbonyl (C=O) groups is 3.